The minimum atomic E-state index is 0.104. The molecule has 2 heterocycles. The zero-order valence-corrected chi connectivity index (χ0v) is 17.0. The van der Waals surface area contributed by atoms with E-state index in [1.807, 2.05) is 67.3 Å². The summed E-state index contributed by atoms with van der Waals surface area (Å²) in [5.74, 6) is 1.16. The van der Waals surface area contributed by atoms with E-state index in [1.54, 1.807) is 0 Å². The van der Waals surface area contributed by atoms with Crippen LogP contribution in [0, 0.1) is 19.8 Å². The first-order valence-electron chi connectivity index (χ1n) is 10.2. The molecule has 0 radical (unpaired) electrons. The van der Waals surface area contributed by atoms with Crippen molar-refractivity contribution in [3.63, 3.8) is 0 Å². The van der Waals surface area contributed by atoms with E-state index in [9.17, 15) is 4.79 Å². The predicted molar refractivity (Wildman–Crippen MR) is 116 cm³/mol. The van der Waals surface area contributed by atoms with Crippen molar-refractivity contribution >= 4 is 22.5 Å². The number of rotatable bonds is 4. The van der Waals surface area contributed by atoms with Crippen LogP contribution in [0.15, 0.2) is 48.5 Å². The number of nitrogens with two attached hydrogens (primary N) is 1. The van der Waals surface area contributed by atoms with Crippen LogP contribution in [0.4, 0.5) is 5.69 Å². The summed E-state index contributed by atoms with van der Waals surface area (Å²) in [6, 6.07) is 15.5. The molecule has 1 aliphatic heterocycles. The fourth-order valence-electron chi connectivity index (χ4n) is 4.10. The Balaban J connectivity index is 1.45. The number of nitrogens with zero attached hydrogens (tertiary/aromatic N) is 2. The molecule has 0 saturated carbocycles. The second-order valence-electron chi connectivity index (χ2n) is 7.94. The van der Waals surface area contributed by atoms with Crippen LogP contribution in [0.25, 0.3) is 10.9 Å². The molecular formula is C24H27N3O2. The number of piperidine rings is 1. The highest BCUT2D eigenvalue weighted by atomic mass is 16.5. The molecule has 0 bridgehead atoms. The Kier molecular flexibility index (Phi) is 5.38. The third-order valence-corrected chi connectivity index (χ3v) is 5.50. The van der Waals surface area contributed by atoms with E-state index in [0.717, 1.165) is 52.9 Å². The maximum Gasteiger partial charge on any atom is 0.253 e. The van der Waals surface area contributed by atoms with Crippen molar-refractivity contribution in [1.82, 2.24) is 9.88 Å². The molecule has 1 unspecified atom stereocenters. The van der Waals surface area contributed by atoms with Gasteiger partial charge in [-0.1, -0.05) is 23.8 Å². The Labute approximate surface area is 171 Å². The lowest BCUT2D eigenvalue weighted by atomic mass is 9.98. The summed E-state index contributed by atoms with van der Waals surface area (Å²) in [4.78, 5) is 19.4. The summed E-state index contributed by atoms with van der Waals surface area (Å²) in [5.41, 5.74) is 10.5. The first-order valence-corrected chi connectivity index (χ1v) is 10.2. The molecular weight excluding hydrogens is 362 g/mol. The van der Waals surface area contributed by atoms with Crippen LogP contribution < -0.4 is 10.5 Å². The number of carbonyl (C=O) groups is 1. The quantitative estimate of drug-likeness (QED) is 0.720. The van der Waals surface area contributed by atoms with Gasteiger partial charge in [0.15, 0.2) is 0 Å². The molecule has 0 aliphatic carbocycles. The Morgan fingerprint density at radius 3 is 2.86 bits per heavy atom. The fraction of sp³-hybridized carbons (Fsp3) is 0.333. The van der Waals surface area contributed by atoms with Crippen LogP contribution in [0.1, 0.15) is 34.5 Å². The van der Waals surface area contributed by atoms with Crippen LogP contribution in [-0.2, 0) is 0 Å². The molecule has 1 saturated heterocycles. The number of anilines is 1. The monoisotopic (exact) mass is 389 g/mol. The lowest BCUT2D eigenvalue weighted by molar-refractivity contribution is 0.0634. The van der Waals surface area contributed by atoms with Gasteiger partial charge in [-0.05, 0) is 57.0 Å². The molecule has 1 fully saturated rings. The van der Waals surface area contributed by atoms with Gasteiger partial charge in [-0.25, -0.2) is 0 Å². The van der Waals surface area contributed by atoms with Crippen LogP contribution in [0.3, 0.4) is 0 Å². The summed E-state index contributed by atoms with van der Waals surface area (Å²) >= 11 is 0. The topological polar surface area (TPSA) is 68.5 Å². The Morgan fingerprint density at radius 2 is 2.03 bits per heavy atom. The number of hydrogen-bond acceptors (Lipinski definition) is 4. The van der Waals surface area contributed by atoms with Gasteiger partial charge in [0.2, 0.25) is 0 Å². The molecule has 4 rings (SSSR count). The largest absolute Gasteiger partial charge is 0.492 e. The number of fused-ring (bicyclic) bond motifs is 1. The van der Waals surface area contributed by atoms with Gasteiger partial charge in [0.1, 0.15) is 5.75 Å². The number of nitrogen functional groups attached to an aromatic ring is 1. The molecule has 29 heavy (non-hydrogen) atoms. The van der Waals surface area contributed by atoms with Crippen LogP contribution in [0.5, 0.6) is 5.75 Å². The number of aromatic nitrogens is 1. The number of amides is 1. The summed E-state index contributed by atoms with van der Waals surface area (Å²) < 4.78 is 6.17. The lowest BCUT2D eigenvalue weighted by Crippen LogP contribution is -2.41. The van der Waals surface area contributed by atoms with Crippen LogP contribution in [-0.4, -0.2) is 35.5 Å². The Hall–Kier alpha value is -3.08. The number of aryl methyl sites for hydroxylation is 2. The van der Waals surface area contributed by atoms with E-state index in [1.165, 1.54) is 0 Å². The highest BCUT2D eigenvalue weighted by molar-refractivity contribution is 5.95. The van der Waals surface area contributed by atoms with Gasteiger partial charge in [0.25, 0.3) is 5.91 Å². The summed E-state index contributed by atoms with van der Waals surface area (Å²) in [7, 11) is 0. The third-order valence-electron chi connectivity index (χ3n) is 5.50. The maximum atomic E-state index is 12.9. The van der Waals surface area contributed by atoms with E-state index in [-0.39, 0.29) is 5.91 Å². The minimum Gasteiger partial charge on any atom is -0.492 e. The van der Waals surface area contributed by atoms with Crippen molar-refractivity contribution in [1.29, 1.82) is 0 Å². The smallest absolute Gasteiger partial charge is 0.253 e. The third kappa shape index (κ3) is 4.19. The summed E-state index contributed by atoms with van der Waals surface area (Å²) in [6.45, 7) is 6.02. The molecule has 0 spiro atoms. The van der Waals surface area contributed by atoms with Crippen molar-refractivity contribution in [2.75, 3.05) is 25.4 Å². The molecule has 3 aromatic rings. The normalized spacial score (nSPS) is 16.8. The van der Waals surface area contributed by atoms with Gasteiger partial charge in [-0.15, -0.1) is 0 Å². The summed E-state index contributed by atoms with van der Waals surface area (Å²) in [5, 5.41) is 0.863. The van der Waals surface area contributed by atoms with Gasteiger partial charge >= 0.3 is 0 Å². The van der Waals surface area contributed by atoms with Crippen molar-refractivity contribution in [3.05, 3.63) is 65.4 Å². The van der Waals surface area contributed by atoms with E-state index in [2.05, 4.69) is 4.98 Å². The average molecular weight is 389 g/mol. The van der Waals surface area contributed by atoms with Gasteiger partial charge in [-0.3, -0.25) is 9.78 Å². The standard InChI is InChI=1S/C24H27N3O2/c1-16-6-3-8-19(12-16)24(28)27-11-5-7-18(14-27)15-29-22-10-4-9-21-23(22)20(25)13-17(2)26-21/h3-4,6,8-10,12-13,18H,5,7,11,14-15H2,1-2H3,(H2,25,26). The summed E-state index contributed by atoms with van der Waals surface area (Å²) in [6.07, 6.45) is 2.04. The highest BCUT2D eigenvalue weighted by Gasteiger charge is 2.25. The zero-order chi connectivity index (χ0) is 20.4. The number of ether oxygens (including phenoxy) is 1. The minimum absolute atomic E-state index is 0.104. The number of hydrogen-bond donors (Lipinski definition) is 1. The van der Waals surface area contributed by atoms with Crippen LogP contribution in [0.2, 0.25) is 0 Å². The molecule has 150 valence electrons. The second-order valence-corrected chi connectivity index (χ2v) is 7.94. The maximum absolute atomic E-state index is 12.9. The van der Waals surface area contributed by atoms with Crippen molar-refractivity contribution < 1.29 is 9.53 Å². The van der Waals surface area contributed by atoms with E-state index in [0.29, 0.717) is 24.8 Å². The molecule has 2 aromatic carbocycles. The molecule has 1 aliphatic rings. The molecule has 1 amide bonds. The van der Waals surface area contributed by atoms with Gasteiger partial charge in [-0.2, -0.15) is 0 Å². The van der Waals surface area contributed by atoms with E-state index in [4.69, 9.17) is 10.5 Å². The molecule has 5 heteroatoms. The number of pyridine rings is 1. The SMILES string of the molecule is Cc1cccc(C(=O)N2CCCC(COc3cccc4nc(C)cc(N)c34)C2)c1. The fourth-order valence-corrected chi connectivity index (χ4v) is 4.10. The Bertz CT molecular complexity index is 1050. The Morgan fingerprint density at radius 1 is 1.21 bits per heavy atom. The first kappa shape index (κ1) is 19.2. The van der Waals surface area contributed by atoms with Crippen molar-refractivity contribution in [3.8, 4) is 5.75 Å². The molecule has 5 nitrogen and oxygen atoms in total. The van der Waals surface area contributed by atoms with Crippen molar-refractivity contribution in [2.45, 2.75) is 26.7 Å². The number of carbonyl (C=O) groups excluding carboxylic acids is 1. The second kappa shape index (κ2) is 8.11. The molecule has 2 N–H and O–H groups in total. The predicted octanol–water partition coefficient (Wildman–Crippen LogP) is 4.37. The number of benzene rings is 2. The average Bonchev–Trinajstić information content (AvgIpc) is 2.71. The number of likely N-dealkylation sites (tertiary alicyclic amines) is 1. The van der Waals surface area contributed by atoms with Gasteiger partial charge in [0.05, 0.1) is 17.5 Å². The molecule has 1 aromatic heterocycles. The van der Waals surface area contributed by atoms with Crippen molar-refractivity contribution in [2.24, 2.45) is 5.92 Å². The van der Waals surface area contributed by atoms with E-state index >= 15 is 0 Å². The highest BCUT2D eigenvalue weighted by Crippen LogP contribution is 2.31. The van der Waals surface area contributed by atoms with E-state index < -0.39 is 0 Å². The van der Waals surface area contributed by atoms with Gasteiger partial charge < -0.3 is 15.4 Å². The first-order chi connectivity index (χ1) is 14.0. The van der Waals surface area contributed by atoms with Gasteiger partial charge in [0, 0.05) is 36.0 Å². The zero-order valence-electron chi connectivity index (χ0n) is 17.0. The lowest BCUT2D eigenvalue weighted by Gasteiger charge is -2.33. The molecule has 1 atom stereocenters. The van der Waals surface area contributed by atoms with Crippen LogP contribution >= 0.6 is 0 Å².